The van der Waals surface area contributed by atoms with Gasteiger partial charge in [-0.3, -0.25) is 0 Å². The molecule has 3 N–H and O–H groups in total. The van der Waals surface area contributed by atoms with Crippen LogP contribution in [0.25, 0.3) is 22.4 Å². The highest BCUT2D eigenvalue weighted by Crippen LogP contribution is 2.37. The van der Waals surface area contributed by atoms with Crippen LogP contribution in [0.2, 0.25) is 0 Å². The largest absolute Gasteiger partial charge is 0.507 e. The molecule has 0 fully saturated rings. The maximum Gasteiger partial charge on any atom is 0.220 e. The number of phenolic OH excluding ortho intramolecular Hbond substituents is 1. The minimum atomic E-state index is 0.0683. The molecule has 128 valence electrons. The SMILES string of the molecule is CCOc1ccc(-c2nc(N)ncc2-c2ccc(OC)cc2)c(O)c1. The van der Waals surface area contributed by atoms with Crippen LogP contribution in [0, 0.1) is 0 Å². The van der Waals surface area contributed by atoms with Gasteiger partial charge in [0.05, 0.1) is 19.4 Å². The van der Waals surface area contributed by atoms with Crippen LogP contribution in [0.1, 0.15) is 6.92 Å². The van der Waals surface area contributed by atoms with Crippen LogP contribution in [0.4, 0.5) is 5.95 Å². The lowest BCUT2D eigenvalue weighted by molar-refractivity contribution is 0.338. The zero-order valence-corrected chi connectivity index (χ0v) is 14.1. The zero-order chi connectivity index (χ0) is 17.8. The van der Waals surface area contributed by atoms with Crippen LogP contribution >= 0.6 is 0 Å². The van der Waals surface area contributed by atoms with Crippen LogP contribution in [0.3, 0.4) is 0 Å². The van der Waals surface area contributed by atoms with Crippen molar-refractivity contribution in [1.29, 1.82) is 0 Å². The number of aromatic hydroxyl groups is 1. The molecule has 0 radical (unpaired) electrons. The quantitative estimate of drug-likeness (QED) is 0.740. The number of methoxy groups -OCH3 is 1. The van der Waals surface area contributed by atoms with E-state index in [0.29, 0.717) is 23.6 Å². The van der Waals surface area contributed by atoms with E-state index >= 15 is 0 Å². The Kier molecular flexibility index (Phi) is 4.70. The number of nitrogens with zero attached hydrogens (tertiary/aromatic N) is 2. The highest BCUT2D eigenvalue weighted by Gasteiger charge is 2.15. The third-order valence-corrected chi connectivity index (χ3v) is 3.74. The van der Waals surface area contributed by atoms with E-state index in [9.17, 15) is 5.11 Å². The van der Waals surface area contributed by atoms with Gasteiger partial charge >= 0.3 is 0 Å². The van der Waals surface area contributed by atoms with E-state index in [1.807, 2.05) is 31.2 Å². The molecule has 2 aromatic carbocycles. The summed E-state index contributed by atoms with van der Waals surface area (Å²) in [6, 6.07) is 12.6. The molecule has 0 amide bonds. The molecule has 0 spiro atoms. The van der Waals surface area contributed by atoms with Gasteiger partial charge in [-0.15, -0.1) is 0 Å². The predicted octanol–water partition coefficient (Wildman–Crippen LogP) is 3.51. The van der Waals surface area contributed by atoms with Gasteiger partial charge in [-0.25, -0.2) is 9.97 Å². The second-order valence-electron chi connectivity index (χ2n) is 5.33. The number of aromatic nitrogens is 2. The van der Waals surface area contributed by atoms with Crippen LogP contribution in [0.5, 0.6) is 17.2 Å². The summed E-state index contributed by atoms with van der Waals surface area (Å²) in [5, 5.41) is 10.4. The highest BCUT2D eigenvalue weighted by atomic mass is 16.5. The van der Waals surface area contributed by atoms with Gasteiger partial charge in [-0.2, -0.15) is 0 Å². The van der Waals surface area contributed by atoms with Crippen LogP contribution in [0.15, 0.2) is 48.7 Å². The van der Waals surface area contributed by atoms with E-state index in [-0.39, 0.29) is 11.7 Å². The first-order valence-corrected chi connectivity index (χ1v) is 7.85. The van der Waals surface area contributed by atoms with Gasteiger partial charge in [0.2, 0.25) is 5.95 Å². The van der Waals surface area contributed by atoms with E-state index in [4.69, 9.17) is 15.2 Å². The molecule has 0 aliphatic carbocycles. The number of rotatable bonds is 5. The Morgan fingerprint density at radius 3 is 2.40 bits per heavy atom. The third kappa shape index (κ3) is 3.47. The van der Waals surface area contributed by atoms with Gasteiger partial charge in [0.25, 0.3) is 0 Å². The Morgan fingerprint density at radius 1 is 1.04 bits per heavy atom. The standard InChI is InChI=1S/C19H19N3O3/c1-3-25-14-8-9-15(17(23)10-14)18-16(11-21-19(20)22-18)12-4-6-13(24-2)7-5-12/h4-11,23H,3H2,1-2H3,(H2,20,21,22). The molecule has 1 aromatic heterocycles. The molecular weight excluding hydrogens is 318 g/mol. The number of anilines is 1. The van der Waals surface area contributed by atoms with E-state index in [1.165, 1.54) is 0 Å². The molecule has 0 unspecified atom stereocenters. The molecule has 0 saturated carbocycles. The molecule has 0 saturated heterocycles. The van der Waals surface area contributed by atoms with Crippen LogP contribution in [-0.4, -0.2) is 28.8 Å². The van der Waals surface area contributed by atoms with Gasteiger partial charge in [0.15, 0.2) is 0 Å². The van der Waals surface area contributed by atoms with Crippen LogP contribution in [-0.2, 0) is 0 Å². The molecule has 25 heavy (non-hydrogen) atoms. The van der Waals surface area contributed by atoms with E-state index in [2.05, 4.69) is 9.97 Å². The Balaban J connectivity index is 2.11. The van der Waals surface area contributed by atoms with Gasteiger partial charge in [-0.1, -0.05) is 12.1 Å². The maximum atomic E-state index is 10.4. The van der Waals surface area contributed by atoms with Crippen molar-refractivity contribution in [2.24, 2.45) is 0 Å². The van der Waals surface area contributed by atoms with Crippen molar-refractivity contribution in [1.82, 2.24) is 9.97 Å². The minimum Gasteiger partial charge on any atom is -0.507 e. The lowest BCUT2D eigenvalue weighted by Gasteiger charge is -2.12. The summed E-state index contributed by atoms with van der Waals surface area (Å²) in [6.07, 6.45) is 1.65. The predicted molar refractivity (Wildman–Crippen MR) is 96.7 cm³/mol. The van der Waals surface area contributed by atoms with E-state index in [0.717, 1.165) is 16.9 Å². The number of hydrogen-bond donors (Lipinski definition) is 2. The fraction of sp³-hybridized carbons (Fsp3) is 0.158. The Labute approximate surface area is 145 Å². The lowest BCUT2D eigenvalue weighted by atomic mass is 10.00. The number of nitrogens with two attached hydrogens (primary N) is 1. The fourth-order valence-corrected chi connectivity index (χ4v) is 2.55. The van der Waals surface area contributed by atoms with Crippen molar-refractivity contribution in [2.45, 2.75) is 6.92 Å². The van der Waals surface area contributed by atoms with Gasteiger partial charge < -0.3 is 20.3 Å². The molecule has 3 rings (SSSR count). The number of ether oxygens (including phenoxy) is 2. The molecule has 6 nitrogen and oxygen atoms in total. The van der Waals surface area contributed by atoms with Crippen LogP contribution < -0.4 is 15.2 Å². The Morgan fingerprint density at radius 2 is 1.76 bits per heavy atom. The molecule has 0 aliphatic heterocycles. The smallest absolute Gasteiger partial charge is 0.220 e. The summed E-state index contributed by atoms with van der Waals surface area (Å²) < 4.78 is 10.6. The minimum absolute atomic E-state index is 0.0683. The number of hydrogen-bond acceptors (Lipinski definition) is 6. The van der Waals surface area contributed by atoms with Crippen molar-refractivity contribution in [2.75, 3.05) is 19.5 Å². The summed E-state index contributed by atoms with van der Waals surface area (Å²) >= 11 is 0. The van der Waals surface area contributed by atoms with Crippen molar-refractivity contribution >= 4 is 5.95 Å². The molecule has 0 aliphatic rings. The zero-order valence-electron chi connectivity index (χ0n) is 14.1. The lowest BCUT2D eigenvalue weighted by Crippen LogP contribution is -1.99. The first kappa shape index (κ1) is 16.6. The number of phenols is 1. The summed E-state index contributed by atoms with van der Waals surface area (Å²) in [4.78, 5) is 8.42. The van der Waals surface area contributed by atoms with Gasteiger partial charge in [0.1, 0.15) is 17.2 Å². The average Bonchev–Trinajstić information content (AvgIpc) is 2.62. The van der Waals surface area contributed by atoms with Gasteiger partial charge in [0, 0.05) is 23.4 Å². The van der Waals surface area contributed by atoms with Crippen molar-refractivity contribution in [3.8, 4) is 39.6 Å². The van der Waals surface area contributed by atoms with Crippen molar-refractivity contribution in [3.05, 3.63) is 48.7 Å². The molecule has 6 heteroatoms. The second-order valence-corrected chi connectivity index (χ2v) is 5.33. The van der Waals surface area contributed by atoms with Crippen molar-refractivity contribution in [3.63, 3.8) is 0 Å². The molecule has 1 heterocycles. The summed E-state index contributed by atoms with van der Waals surface area (Å²) in [6.45, 7) is 2.41. The van der Waals surface area contributed by atoms with E-state index in [1.54, 1.807) is 31.5 Å². The Bertz CT molecular complexity index is 880. The first-order valence-electron chi connectivity index (χ1n) is 7.85. The normalized spacial score (nSPS) is 10.5. The average molecular weight is 337 g/mol. The third-order valence-electron chi connectivity index (χ3n) is 3.74. The Hall–Kier alpha value is -3.28. The monoisotopic (exact) mass is 337 g/mol. The topological polar surface area (TPSA) is 90.5 Å². The fourth-order valence-electron chi connectivity index (χ4n) is 2.55. The molecular formula is C19H19N3O3. The first-order chi connectivity index (χ1) is 12.1. The second kappa shape index (κ2) is 7.09. The van der Waals surface area contributed by atoms with Crippen molar-refractivity contribution < 1.29 is 14.6 Å². The highest BCUT2D eigenvalue weighted by molar-refractivity contribution is 5.83. The number of benzene rings is 2. The maximum absolute atomic E-state index is 10.4. The molecule has 3 aromatic rings. The molecule has 0 atom stereocenters. The van der Waals surface area contributed by atoms with Gasteiger partial charge in [-0.05, 0) is 36.8 Å². The summed E-state index contributed by atoms with van der Waals surface area (Å²) in [5.41, 5.74) is 8.53. The van der Waals surface area contributed by atoms with E-state index < -0.39 is 0 Å². The summed E-state index contributed by atoms with van der Waals surface area (Å²) in [7, 11) is 1.62. The summed E-state index contributed by atoms with van der Waals surface area (Å²) in [5.74, 6) is 1.56. The number of nitrogen functional groups attached to an aromatic ring is 1. The molecule has 0 bridgehead atoms.